The Morgan fingerprint density at radius 2 is 2.00 bits per heavy atom. The number of hydrogen-bond acceptors (Lipinski definition) is 2. The van der Waals surface area contributed by atoms with Gasteiger partial charge in [0.2, 0.25) is 5.91 Å². The zero-order valence-electron chi connectivity index (χ0n) is 10.4. The molecule has 0 saturated heterocycles. The number of fused-ring (bicyclic) bond motifs is 1. The average molecular weight is 324 g/mol. The van der Waals surface area contributed by atoms with Crippen molar-refractivity contribution >= 4 is 27.8 Å². The number of amides is 1. The van der Waals surface area contributed by atoms with Crippen LogP contribution in [0.5, 0.6) is 0 Å². The molecule has 1 aromatic carbocycles. The lowest BCUT2D eigenvalue weighted by Crippen LogP contribution is -2.43. The third-order valence-electron chi connectivity index (χ3n) is 4.04. The number of hydrogen-bond donors (Lipinski definition) is 1. The predicted molar refractivity (Wildman–Crippen MR) is 72.6 cm³/mol. The molecule has 1 N–H and O–H groups in total. The third-order valence-corrected chi connectivity index (χ3v) is 4.53. The monoisotopic (exact) mass is 323 g/mol. The maximum absolute atomic E-state index is 12.3. The molecule has 0 radical (unpaired) electrons. The lowest BCUT2D eigenvalue weighted by molar-refractivity contribution is -0.153. The molecule has 0 unspecified atom stereocenters. The predicted octanol–water partition coefficient (Wildman–Crippen LogP) is 2.20. The summed E-state index contributed by atoms with van der Waals surface area (Å²) in [5, 5.41) is 9.18. The van der Waals surface area contributed by atoms with Crippen molar-refractivity contribution in [1.82, 2.24) is 4.90 Å². The van der Waals surface area contributed by atoms with Gasteiger partial charge in [-0.1, -0.05) is 22.0 Å². The molecule has 1 aliphatic carbocycles. The van der Waals surface area contributed by atoms with E-state index in [2.05, 4.69) is 22.0 Å². The van der Waals surface area contributed by atoms with Gasteiger partial charge in [0.1, 0.15) is 5.41 Å². The van der Waals surface area contributed by atoms with Gasteiger partial charge in [-0.2, -0.15) is 0 Å². The molecule has 0 bridgehead atoms. The smallest absolute Gasteiger partial charge is 0.319 e. The van der Waals surface area contributed by atoms with Crippen molar-refractivity contribution in [1.29, 1.82) is 0 Å². The van der Waals surface area contributed by atoms with Gasteiger partial charge in [-0.15, -0.1) is 0 Å². The minimum Gasteiger partial charge on any atom is -0.480 e. The maximum atomic E-state index is 12.3. The van der Waals surface area contributed by atoms with E-state index in [4.69, 9.17) is 0 Å². The van der Waals surface area contributed by atoms with Crippen LogP contribution in [0.2, 0.25) is 0 Å². The van der Waals surface area contributed by atoms with Crippen LogP contribution in [0.4, 0.5) is 0 Å². The van der Waals surface area contributed by atoms with Crippen molar-refractivity contribution < 1.29 is 14.7 Å². The molecule has 100 valence electrons. The van der Waals surface area contributed by atoms with Gasteiger partial charge >= 0.3 is 5.97 Å². The molecule has 4 nitrogen and oxygen atoms in total. The van der Waals surface area contributed by atoms with Crippen molar-refractivity contribution in [2.45, 2.75) is 25.8 Å². The number of aliphatic carboxylic acids is 1. The molecule has 0 aromatic heterocycles. The maximum Gasteiger partial charge on any atom is 0.319 e. The Hall–Kier alpha value is -1.36. The lowest BCUT2D eigenvalue weighted by atomic mass is 9.97. The minimum atomic E-state index is -1.12. The number of carbonyl (C=O) groups is 2. The molecule has 0 atom stereocenters. The number of rotatable bonds is 2. The highest BCUT2D eigenvalue weighted by Gasteiger charge is 2.58. The van der Waals surface area contributed by atoms with Crippen molar-refractivity contribution in [2.24, 2.45) is 5.41 Å². The normalized spacial score (nSPS) is 19.7. The molecule has 1 saturated carbocycles. The van der Waals surface area contributed by atoms with Crippen molar-refractivity contribution in [3.05, 3.63) is 33.8 Å². The molecular weight excluding hydrogens is 310 g/mol. The summed E-state index contributed by atoms with van der Waals surface area (Å²) in [4.78, 5) is 25.2. The third kappa shape index (κ3) is 2.06. The molecule has 0 spiro atoms. The highest BCUT2D eigenvalue weighted by atomic mass is 79.9. The van der Waals surface area contributed by atoms with Crippen molar-refractivity contribution in [3.8, 4) is 0 Å². The highest BCUT2D eigenvalue weighted by Crippen LogP contribution is 2.48. The number of carboxylic acids is 1. The number of halogens is 1. The Labute approximate surface area is 119 Å². The van der Waals surface area contributed by atoms with Crippen LogP contribution in [0, 0.1) is 5.41 Å². The zero-order chi connectivity index (χ0) is 13.6. The fraction of sp³-hybridized carbons (Fsp3) is 0.429. The Kier molecular flexibility index (Phi) is 2.89. The lowest BCUT2D eigenvalue weighted by Gasteiger charge is -2.31. The zero-order valence-corrected chi connectivity index (χ0v) is 11.9. The van der Waals surface area contributed by atoms with Crippen LogP contribution in [-0.2, 0) is 22.6 Å². The summed E-state index contributed by atoms with van der Waals surface area (Å²) < 4.78 is 1.04. The van der Waals surface area contributed by atoms with Gasteiger partial charge in [-0.25, -0.2) is 0 Å². The van der Waals surface area contributed by atoms with Crippen LogP contribution in [0.3, 0.4) is 0 Å². The molecule has 5 heteroatoms. The summed E-state index contributed by atoms with van der Waals surface area (Å²) in [7, 11) is 0. The number of carboxylic acid groups (broad SMARTS) is 1. The average Bonchev–Trinajstić information content (AvgIpc) is 3.18. The second-order valence-electron chi connectivity index (χ2n) is 5.28. The summed E-state index contributed by atoms with van der Waals surface area (Å²) in [5.74, 6) is -1.19. The summed E-state index contributed by atoms with van der Waals surface area (Å²) in [5.41, 5.74) is 1.23. The van der Waals surface area contributed by atoms with Gasteiger partial charge < -0.3 is 10.0 Å². The van der Waals surface area contributed by atoms with E-state index in [1.165, 1.54) is 5.56 Å². The molecule has 3 rings (SSSR count). The molecule has 1 aromatic rings. The van der Waals surface area contributed by atoms with Crippen LogP contribution < -0.4 is 0 Å². The van der Waals surface area contributed by atoms with Crippen molar-refractivity contribution in [3.63, 3.8) is 0 Å². The fourth-order valence-corrected chi connectivity index (χ4v) is 3.05. The van der Waals surface area contributed by atoms with Gasteiger partial charge in [0, 0.05) is 17.6 Å². The molecule has 1 amide bonds. The molecule has 19 heavy (non-hydrogen) atoms. The van der Waals surface area contributed by atoms with E-state index in [0.29, 0.717) is 25.9 Å². The highest BCUT2D eigenvalue weighted by molar-refractivity contribution is 9.10. The topological polar surface area (TPSA) is 57.6 Å². The Bertz CT molecular complexity index is 566. The summed E-state index contributed by atoms with van der Waals surface area (Å²) in [6.07, 6.45) is 1.74. The van der Waals surface area contributed by atoms with Gasteiger partial charge in [0.05, 0.1) is 0 Å². The largest absolute Gasteiger partial charge is 0.480 e. The standard InChI is InChI=1S/C14H14BrNO3/c15-11-2-1-10-8-16(6-3-9(10)7-11)12(17)14(4-5-14)13(18)19/h1-2,7H,3-6,8H2,(H,18,19). The summed E-state index contributed by atoms with van der Waals surface area (Å²) in [6, 6.07) is 6.03. The van der Waals surface area contributed by atoms with E-state index in [1.54, 1.807) is 4.90 Å². The molecule has 1 heterocycles. The van der Waals surface area contributed by atoms with Crippen LogP contribution in [0.15, 0.2) is 22.7 Å². The van der Waals surface area contributed by atoms with E-state index in [9.17, 15) is 14.7 Å². The van der Waals surface area contributed by atoms with E-state index in [0.717, 1.165) is 16.5 Å². The molecule has 1 fully saturated rings. The summed E-state index contributed by atoms with van der Waals surface area (Å²) in [6.45, 7) is 1.13. The first-order valence-corrected chi connectivity index (χ1v) is 7.12. The van der Waals surface area contributed by atoms with Gasteiger partial charge in [0.25, 0.3) is 0 Å². The van der Waals surface area contributed by atoms with E-state index in [-0.39, 0.29) is 5.91 Å². The van der Waals surface area contributed by atoms with Crippen LogP contribution in [0.1, 0.15) is 24.0 Å². The van der Waals surface area contributed by atoms with Crippen LogP contribution in [-0.4, -0.2) is 28.4 Å². The Morgan fingerprint density at radius 1 is 1.26 bits per heavy atom. The quantitative estimate of drug-likeness (QED) is 0.849. The van der Waals surface area contributed by atoms with Crippen LogP contribution in [0.25, 0.3) is 0 Å². The van der Waals surface area contributed by atoms with Crippen LogP contribution >= 0.6 is 15.9 Å². The second-order valence-corrected chi connectivity index (χ2v) is 6.19. The van der Waals surface area contributed by atoms with E-state index in [1.807, 2.05) is 12.1 Å². The molecule has 1 aliphatic heterocycles. The number of carbonyl (C=O) groups excluding carboxylic acids is 1. The number of nitrogens with zero attached hydrogens (tertiary/aromatic N) is 1. The molecular formula is C14H14BrNO3. The van der Waals surface area contributed by atoms with E-state index < -0.39 is 11.4 Å². The first-order valence-electron chi connectivity index (χ1n) is 6.33. The number of benzene rings is 1. The Morgan fingerprint density at radius 3 is 2.63 bits per heavy atom. The first kappa shape index (κ1) is 12.7. The summed E-state index contributed by atoms with van der Waals surface area (Å²) >= 11 is 3.44. The molecule has 2 aliphatic rings. The van der Waals surface area contributed by atoms with Gasteiger partial charge in [-0.05, 0) is 42.5 Å². The van der Waals surface area contributed by atoms with Gasteiger partial charge in [-0.3, -0.25) is 9.59 Å². The minimum absolute atomic E-state index is 0.214. The van der Waals surface area contributed by atoms with Crippen molar-refractivity contribution in [2.75, 3.05) is 6.54 Å². The second kappa shape index (κ2) is 4.34. The van der Waals surface area contributed by atoms with E-state index >= 15 is 0 Å². The Balaban J connectivity index is 1.81. The van der Waals surface area contributed by atoms with Gasteiger partial charge in [0.15, 0.2) is 0 Å². The first-order chi connectivity index (χ1) is 9.03. The fourth-order valence-electron chi connectivity index (χ4n) is 2.64. The SMILES string of the molecule is O=C(O)C1(C(=O)N2CCc3cc(Br)ccc3C2)CC1.